The Labute approximate surface area is 115 Å². The van der Waals surface area contributed by atoms with E-state index in [1.807, 2.05) is 13.8 Å². The van der Waals surface area contributed by atoms with Crippen molar-refractivity contribution in [3.8, 4) is 5.75 Å². The zero-order valence-corrected chi connectivity index (χ0v) is 12.5. The second-order valence-electron chi connectivity index (χ2n) is 4.52. The van der Waals surface area contributed by atoms with Crippen molar-refractivity contribution in [3.05, 3.63) is 23.8 Å². The normalized spacial score (nSPS) is 13.3. The Kier molecular flexibility index (Phi) is 5.78. The van der Waals surface area contributed by atoms with Crippen LogP contribution in [-0.4, -0.2) is 27.6 Å². The molecule has 3 N–H and O–H groups in total. The number of benzene rings is 1. The van der Waals surface area contributed by atoms with Crippen molar-refractivity contribution < 1.29 is 13.2 Å². The maximum absolute atomic E-state index is 12.1. The van der Waals surface area contributed by atoms with Crippen LogP contribution < -0.4 is 15.2 Å². The number of ether oxygens (including phenoxy) is 1. The Morgan fingerprint density at radius 2 is 2.11 bits per heavy atom. The van der Waals surface area contributed by atoms with E-state index in [4.69, 9.17) is 10.5 Å². The minimum Gasteiger partial charge on any atom is -0.494 e. The molecule has 0 saturated heterocycles. The summed E-state index contributed by atoms with van der Waals surface area (Å²) >= 11 is 0. The van der Waals surface area contributed by atoms with Crippen LogP contribution in [0.3, 0.4) is 0 Å². The van der Waals surface area contributed by atoms with Gasteiger partial charge < -0.3 is 10.5 Å². The minimum atomic E-state index is -3.48. The number of aryl methyl sites for hydroxylation is 1. The van der Waals surface area contributed by atoms with Crippen molar-refractivity contribution >= 4 is 10.0 Å². The molecule has 108 valence electrons. The Balaban J connectivity index is 2.83. The number of nitrogens with one attached hydrogen (secondary N) is 1. The average molecular weight is 286 g/mol. The molecule has 1 unspecified atom stereocenters. The lowest BCUT2D eigenvalue weighted by molar-refractivity contribution is 0.339. The first-order chi connectivity index (χ1) is 8.86. The molecule has 0 spiro atoms. The topological polar surface area (TPSA) is 81.4 Å². The highest BCUT2D eigenvalue weighted by Crippen LogP contribution is 2.21. The zero-order valence-electron chi connectivity index (χ0n) is 11.6. The number of sulfonamides is 1. The summed E-state index contributed by atoms with van der Waals surface area (Å²) in [6.07, 6.45) is 0.606. The van der Waals surface area contributed by atoms with E-state index < -0.39 is 10.0 Å². The Bertz CT molecular complexity index is 513. The monoisotopic (exact) mass is 286 g/mol. The molecule has 1 aromatic carbocycles. The molecule has 5 nitrogen and oxygen atoms in total. The van der Waals surface area contributed by atoms with Crippen molar-refractivity contribution in [2.75, 3.05) is 13.2 Å². The highest BCUT2D eigenvalue weighted by molar-refractivity contribution is 7.89. The summed E-state index contributed by atoms with van der Waals surface area (Å²) in [5, 5.41) is 0. The van der Waals surface area contributed by atoms with E-state index in [2.05, 4.69) is 4.72 Å². The summed E-state index contributed by atoms with van der Waals surface area (Å²) in [7, 11) is -3.48. The summed E-state index contributed by atoms with van der Waals surface area (Å²) in [6.45, 7) is 6.37. The smallest absolute Gasteiger partial charge is 0.240 e. The van der Waals surface area contributed by atoms with Crippen LogP contribution in [0.25, 0.3) is 0 Å². The number of hydrogen-bond acceptors (Lipinski definition) is 4. The van der Waals surface area contributed by atoms with Crippen LogP contribution in [0, 0.1) is 6.92 Å². The van der Waals surface area contributed by atoms with Gasteiger partial charge in [-0.2, -0.15) is 0 Å². The van der Waals surface area contributed by atoms with Gasteiger partial charge >= 0.3 is 0 Å². The van der Waals surface area contributed by atoms with Crippen LogP contribution in [0.15, 0.2) is 23.1 Å². The molecule has 0 fully saturated rings. The fourth-order valence-electron chi connectivity index (χ4n) is 1.68. The fraction of sp³-hybridized carbons (Fsp3) is 0.538. The van der Waals surface area contributed by atoms with Crippen molar-refractivity contribution in [2.24, 2.45) is 5.73 Å². The van der Waals surface area contributed by atoms with Crippen molar-refractivity contribution in [1.82, 2.24) is 4.72 Å². The van der Waals surface area contributed by atoms with Gasteiger partial charge in [0.25, 0.3) is 0 Å². The molecule has 0 aliphatic rings. The molecule has 19 heavy (non-hydrogen) atoms. The van der Waals surface area contributed by atoms with E-state index in [1.165, 1.54) is 0 Å². The van der Waals surface area contributed by atoms with E-state index in [0.717, 1.165) is 0 Å². The van der Waals surface area contributed by atoms with Gasteiger partial charge in [0.05, 0.1) is 11.5 Å². The summed E-state index contributed by atoms with van der Waals surface area (Å²) in [5.41, 5.74) is 6.26. The third-order valence-corrected chi connectivity index (χ3v) is 4.26. The highest BCUT2D eigenvalue weighted by Gasteiger charge is 2.16. The lowest BCUT2D eigenvalue weighted by Gasteiger charge is -2.11. The van der Waals surface area contributed by atoms with Crippen molar-refractivity contribution in [1.29, 1.82) is 0 Å². The third kappa shape index (κ3) is 4.81. The molecular formula is C13H22N2O3S. The molecular weight excluding hydrogens is 264 g/mol. The van der Waals surface area contributed by atoms with Crippen LogP contribution in [0.2, 0.25) is 0 Å². The summed E-state index contributed by atoms with van der Waals surface area (Å²) in [5.74, 6) is 0.675. The van der Waals surface area contributed by atoms with Gasteiger partial charge in [0.2, 0.25) is 10.0 Å². The maximum Gasteiger partial charge on any atom is 0.240 e. The van der Waals surface area contributed by atoms with Crippen LogP contribution >= 0.6 is 0 Å². The molecule has 0 amide bonds. The minimum absolute atomic E-state index is 0.0240. The standard InChI is InChI=1S/C13H22N2O3S/c1-4-18-12-5-6-13(10(2)9-12)19(16,17)15-8-7-11(3)14/h5-6,9,11,15H,4,7-8,14H2,1-3H3. The second-order valence-corrected chi connectivity index (χ2v) is 6.26. The lowest BCUT2D eigenvalue weighted by atomic mass is 10.2. The first-order valence-electron chi connectivity index (χ1n) is 6.35. The highest BCUT2D eigenvalue weighted by atomic mass is 32.2. The van der Waals surface area contributed by atoms with E-state index in [1.54, 1.807) is 25.1 Å². The van der Waals surface area contributed by atoms with Crippen molar-refractivity contribution in [3.63, 3.8) is 0 Å². The van der Waals surface area contributed by atoms with Gasteiger partial charge in [-0.15, -0.1) is 0 Å². The summed E-state index contributed by atoms with van der Waals surface area (Å²) in [6, 6.07) is 4.93. The molecule has 0 saturated carbocycles. The van der Waals surface area contributed by atoms with E-state index in [-0.39, 0.29) is 10.9 Å². The van der Waals surface area contributed by atoms with Gasteiger partial charge in [0.1, 0.15) is 5.75 Å². The van der Waals surface area contributed by atoms with Gasteiger partial charge in [-0.25, -0.2) is 13.1 Å². The maximum atomic E-state index is 12.1. The molecule has 0 heterocycles. The van der Waals surface area contributed by atoms with Crippen LogP contribution in [0.4, 0.5) is 0 Å². The molecule has 0 bridgehead atoms. The number of nitrogens with two attached hydrogens (primary N) is 1. The molecule has 0 aliphatic carbocycles. The Morgan fingerprint density at radius 3 is 2.63 bits per heavy atom. The van der Waals surface area contributed by atoms with E-state index in [0.29, 0.717) is 30.9 Å². The Hall–Kier alpha value is -1.11. The predicted molar refractivity (Wildman–Crippen MR) is 75.8 cm³/mol. The van der Waals surface area contributed by atoms with Gasteiger partial charge in [0, 0.05) is 12.6 Å². The molecule has 0 aliphatic heterocycles. The van der Waals surface area contributed by atoms with Gasteiger partial charge in [-0.05, 0) is 51.0 Å². The summed E-state index contributed by atoms with van der Waals surface area (Å²) in [4.78, 5) is 0.278. The average Bonchev–Trinajstić information content (AvgIpc) is 2.28. The molecule has 6 heteroatoms. The van der Waals surface area contributed by atoms with Crippen molar-refractivity contribution in [2.45, 2.75) is 38.1 Å². The first kappa shape index (κ1) is 15.9. The Morgan fingerprint density at radius 1 is 1.42 bits per heavy atom. The van der Waals surface area contributed by atoms with Gasteiger partial charge in [-0.3, -0.25) is 0 Å². The van der Waals surface area contributed by atoms with Gasteiger partial charge in [-0.1, -0.05) is 0 Å². The zero-order chi connectivity index (χ0) is 14.5. The predicted octanol–water partition coefficient (Wildman–Crippen LogP) is 1.41. The molecule has 0 radical (unpaired) electrons. The van der Waals surface area contributed by atoms with Crippen LogP contribution in [-0.2, 0) is 10.0 Å². The van der Waals surface area contributed by atoms with E-state index >= 15 is 0 Å². The quantitative estimate of drug-likeness (QED) is 0.794. The van der Waals surface area contributed by atoms with Crippen LogP contribution in [0.5, 0.6) is 5.75 Å². The second kappa shape index (κ2) is 6.88. The molecule has 1 aromatic rings. The fourth-order valence-corrected chi connectivity index (χ4v) is 2.95. The molecule has 1 atom stereocenters. The number of rotatable bonds is 7. The number of hydrogen-bond donors (Lipinski definition) is 2. The van der Waals surface area contributed by atoms with Crippen LogP contribution in [0.1, 0.15) is 25.8 Å². The van der Waals surface area contributed by atoms with E-state index in [9.17, 15) is 8.42 Å². The SMILES string of the molecule is CCOc1ccc(S(=O)(=O)NCCC(C)N)c(C)c1. The molecule has 1 rings (SSSR count). The first-order valence-corrected chi connectivity index (χ1v) is 7.84. The molecule has 0 aromatic heterocycles. The third-order valence-electron chi connectivity index (χ3n) is 2.64. The lowest BCUT2D eigenvalue weighted by Crippen LogP contribution is -2.29. The summed E-state index contributed by atoms with van der Waals surface area (Å²) < 4.78 is 32.1. The van der Waals surface area contributed by atoms with Gasteiger partial charge in [0.15, 0.2) is 0 Å². The largest absolute Gasteiger partial charge is 0.494 e.